The molecule has 0 aliphatic heterocycles. The Balaban J connectivity index is 2.48. The number of aromatic nitrogens is 1. The van der Waals surface area contributed by atoms with E-state index in [1.165, 1.54) is 4.88 Å². The molecule has 1 aromatic rings. The Hall–Kier alpha value is -0.450. The van der Waals surface area contributed by atoms with Gasteiger partial charge in [0.15, 0.2) is 0 Å². The fourth-order valence-electron chi connectivity index (χ4n) is 1.09. The van der Waals surface area contributed by atoms with Crippen molar-refractivity contribution in [3.63, 3.8) is 0 Å². The number of ether oxygens (including phenoxy) is 1. The maximum absolute atomic E-state index is 5.56. The zero-order chi connectivity index (χ0) is 9.68. The lowest BCUT2D eigenvalue weighted by Gasteiger charge is -1.96. The SMILES string of the molecule is CCOCCc1nc(C)c(CN)s1. The highest BCUT2D eigenvalue weighted by Gasteiger charge is 2.04. The molecule has 74 valence electrons. The highest BCUT2D eigenvalue weighted by Crippen LogP contribution is 2.17. The Morgan fingerprint density at radius 1 is 1.54 bits per heavy atom. The first-order chi connectivity index (χ1) is 6.27. The number of rotatable bonds is 5. The van der Waals surface area contributed by atoms with Crippen molar-refractivity contribution in [1.82, 2.24) is 4.98 Å². The second kappa shape index (κ2) is 5.32. The van der Waals surface area contributed by atoms with Crippen molar-refractivity contribution in [3.8, 4) is 0 Å². The third-order valence-corrected chi connectivity index (χ3v) is 3.03. The van der Waals surface area contributed by atoms with Gasteiger partial charge in [-0.25, -0.2) is 4.98 Å². The Labute approximate surface area is 82.9 Å². The van der Waals surface area contributed by atoms with Gasteiger partial charge in [-0.05, 0) is 13.8 Å². The third-order valence-electron chi connectivity index (χ3n) is 1.79. The largest absolute Gasteiger partial charge is 0.381 e. The fraction of sp³-hybridized carbons (Fsp3) is 0.667. The summed E-state index contributed by atoms with van der Waals surface area (Å²) in [5, 5.41) is 1.13. The molecular formula is C9H16N2OS. The molecule has 0 aliphatic rings. The molecule has 4 heteroatoms. The number of hydrogen-bond donors (Lipinski definition) is 1. The maximum Gasteiger partial charge on any atom is 0.0954 e. The number of nitrogens with zero attached hydrogens (tertiary/aromatic N) is 1. The molecule has 13 heavy (non-hydrogen) atoms. The summed E-state index contributed by atoms with van der Waals surface area (Å²) < 4.78 is 5.26. The van der Waals surface area contributed by atoms with Crippen LogP contribution in [0.4, 0.5) is 0 Å². The molecule has 0 spiro atoms. The first-order valence-electron chi connectivity index (χ1n) is 4.51. The summed E-state index contributed by atoms with van der Waals surface area (Å²) in [4.78, 5) is 5.60. The first-order valence-corrected chi connectivity index (χ1v) is 5.32. The van der Waals surface area contributed by atoms with Crippen LogP contribution >= 0.6 is 11.3 Å². The van der Waals surface area contributed by atoms with Crippen LogP contribution in [0.5, 0.6) is 0 Å². The molecule has 0 saturated carbocycles. The van der Waals surface area contributed by atoms with Gasteiger partial charge in [0.1, 0.15) is 0 Å². The van der Waals surface area contributed by atoms with E-state index in [1.54, 1.807) is 11.3 Å². The van der Waals surface area contributed by atoms with E-state index >= 15 is 0 Å². The van der Waals surface area contributed by atoms with Gasteiger partial charge in [0.2, 0.25) is 0 Å². The molecule has 0 amide bonds. The fourth-order valence-corrected chi connectivity index (χ4v) is 2.02. The monoisotopic (exact) mass is 200 g/mol. The van der Waals surface area contributed by atoms with E-state index in [9.17, 15) is 0 Å². The van der Waals surface area contributed by atoms with E-state index in [1.807, 2.05) is 13.8 Å². The highest BCUT2D eigenvalue weighted by atomic mass is 32.1. The zero-order valence-electron chi connectivity index (χ0n) is 8.17. The highest BCUT2D eigenvalue weighted by molar-refractivity contribution is 7.11. The van der Waals surface area contributed by atoms with Crippen LogP contribution in [-0.2, 0) is 17.7 Å². The molecular weight excluding hydrogens is 184 g/mol. The Morgan fingerprint density at radius 2 is 2.31 bits per heavy atom. The molecule has 1 heterocycles. The summed E-state index contributed by atoms with van der Waals surface area (Å²) in [5.41, 5.74) is 6.63. The van der Waals surface area contributed by atoms with Crippen molar-refractivity contribution in [2.45, 2.75) is 26.8 Å². The summed E-state index contributed by atoms with van der Waals surface area (Å²) in [7, 11) is 0. The average molecular weight is 200 g/mol. The van der Waals surface area contributed by atoms with E-state index in [2.05, 4.69) is 4.98 Å². The Bertz CT molecular complexity index is 260. The number of thiazole rings is 1. The van der Waals surface area contributed by atoms with Gasteiger partial charge in [-0.15, -0.1) is 11.3 Å². The van der Waals surface area contributed by atoms with Crippen LogP contribution in [0.2, 0.25) is 0 Å². The number of aryl methyl sites for hydroxylation is 1. The molecule has 0 aliphatic carbocycles. The van der Waals surface area contributed by atoms with E-state index in [-0.39, 0.29) is 0 Å². The normalized spacial score (nSPS) is 10.7. The topological polar surface area (TPSA) is 48.1 Å². The van der Waals surface area contributed by atoms with Gasteiger partial charge in [0.05, 0.1) is 17.3 Å². The predicted molar refractivity (Wildman–Crippen MR) is 54.9 cm³/mol. The standard InChI is InChI=1S/C9H16N2OS/c1-3-12-5-4-9-11-7(2)8(6-10)13-9/h3-6,10H2,1-2H3. The molecule has 3 nitrogen and oxygen atoms in total. The van der Waals surface area contributed by atoms with Gasteiger partial charge in [-0.3, -0.25) is 0 Å². The van der Waals surface area contributed by atoms with Crippen LogP contribution in [0.25, 0.3) is 0 Å². The molecule has 0 atom stereocenters. The summed E-state index contributed by atoms with van der Waals surface area (Å²) in [6.45, 7) is 6.13. The van der Waals surface area contributed by atoms with Crippen molar-refractivity contribution in [1.29, 1.82) is 0 Å². The number of nitrogens with two attached hydrogens (primary N) is 1. The lowest BCUT2D eigenvalue weighted by molar-refractivity contribution is 0.151. The van der Waals surface area contributed by atoms with Gasteiger partial charge < -0.3 is 10.5 Å². The summed E-state index contributed by atoms with van der Waals surface area (Å²) >= 11 is 1.69. The molecule has 1 aromatic heterocycles. The van der Waals surface area contributed by atoms with Gasteiger partial charge in [-0.1, -0.05) is 0 Å². The molecule has 0 fully saturated rings. The van der Waals surface area contributed by atoms with Crippen molar-refractivity contribution in [3.05, 3.63) is 15.6 Å². The summed E-state index contributed by atoms with van der Waals surface area (Å²) in [6.07, 6.45) is 0.902. The van der Waals surface area contributed by atoms with Gasteiger partial charge >= 0.3 is 0 Å². The third kappa shape index (κ3) is 3.06. The summed E-state index contributed by atoms with van der Waals surface area (Å²) in [5.74, 6) is 0. The van der Waals surface area contributed by atoms with Gasteiger partial charge in [0.25, 0.3) is 0 Å². The summed E-state index contributed by atoms with van der Waals surface area (Å²) in [6, 6.07) is 0. The molecule has 0 saturated heterocycles. The first kappa shape index (κ1) is 10.6. The smallest absolute Gasteiger partial charge is 0.0954 e. The Kier molecular flexibility index (Phi) is 4.35. The van der Waals surface area contributed by atoms with Crippen LogP contribution in [0, 0.1) is 6.92 Å². The van der Waals surface area contributed by atoms with Crippen LogP contribution in [0.3, 0.4) is 0 Å². The number of hydrogen-bond acceptors (Lipinski definition) is 4. The predicted octanol–water partition coefficient (Wildman–Crippen LogP) is 1.49. The minimum atomic E-state index is 0.595. The van der Waals surface area contributed by atoms with E-state index in [0.717, 1.165) is 30.3 Å². The lowest BCUT2D eigenvalue weighted by atomic mass is 10.4. The molecule has 0 bridgehead atoms. The van der Waals surface area contributed by atoms with Crippen molar-refractivity contribution in [2.24, 2.45) is 5.73 Å². The quantitative estimate of drug-likeness (QED) is 0.733. The van der Waals surface area contributed by atoms with Crippen molar-refractivity contribution in [2.75, 3.05) is 13.2 Å². The van der Waals surface area contributed by atoms with Crippen LogP contribution in [0.15, 0.2) is 0 Å². The molecule has 0 unspecified atom stereocenters. The van der Waals surface area contributed by atoms with Gasteiger partial charge in [-0.2, -0.15) is 0 Å². The van der Waals surface area contributed by atoms with E-state index < -0.39 is 0 Å². The zero-order valence-corrected chi connectivity index (χ0v) is 8.99. The minimum Gasteiger partial charge on any atom is -0.381 e. The van der Waals surface area contributed by atoms with Gasteiger partial charge in [0, 0.05) is 24.4 Å². The molecule has 0 radical (unpaired) electrons. The van der Waals surface area contributed by atoms with Crippen LogP contribution in [-0.4, -0.2) is 18.2 Å². The van der Waals surface area contributed by atoms with Crippen molar-refractivity contribution < 1.29 is 4.74 Å². The molecule has 2 N–H and O–H groups in total. The van der Waals surface area contributed by atoms with Crippen molar-refractivity contribution >= 4 is 11.3 Å². The van der Waals surface area contributed by atoms with E-state index in [0.29, 0.717) is 6.54 Å². The van der Waals surface area contributed by atoms with Crippen LogP contribution < -0.4 is 5.73 Å². The molecule has 1 rings (SSSR count). The average Bonchev–Trinajstić information content (AvgIpc) is 2.47. The molecule has 0 aromatic carbocycles. The maximum atomic E-state index is 5.56. The Morgan fingerprint density at radius 3 is 2.85 bits per heavy atom. The van der Waals surface area contributed by atoms with E-state index in [4.69, 9.17) is 10.5 Å². The lowest BCUT2D eigenvalue weighted by Crippen LogP contribution is -1.97. The minimum absolute atomic E-state index is 0.595. The second-order valence-electron chi connectivity index (χ2n) is 2.77. The van der Waals surface area contributed by atoms with Crippen LogP contribution in [0.1, 0.15) is 22.5 Å². The second-order valence-corrected chi connectivity index (χ2v) is 3.94.